The number of benzene rings is 1. The van der Waals surface area contributed by atoms with E-state index in [0.29, 0.717) is 4.83 Å². The van der Waals surface area contributed by atoms with Crippen molar-refractivity contribution in [2.24, 2.45) is 5.92 Å². The molecule has 1 aliphatic rings. The Morgan fingerprint density at radius 2 is 1.89 bits per heavy atom. The van der Waals surface area contributed by atoms with E-state index in [2.05, 4.69) is 62.3 Å². The molecule has 1 saturated carbocycles. The summed E-state index contributed by atoms with van der Waals surface area (Å²) < 4.78 is 0. The van der Waals surface area contributed by atoms with Crippen LogP contribution >= 0.6 is 15.9 Å². The second-order valence-electron chi connectivity index (χ2n) is 5.47. The second-order valence-corrected chi connectivity index (χ2v) is 6.76. The Bertz CT molecular complexity index is 593. The Kier molecular flexibility index (Phi) is 3.44. The average Bonchev–Trinajstić information content (AvgIpc) is 2.37. The maximum Gasteiger partial charge on any atom is 0.158 e. The van der Waals surface area contributed by atoms with E-state index < -0.39 is 0 Å². The lowest BCUT2D eigenvalue weighted by atomic mass is 9.85. The summed E-state index contributed by atoms with van der Waals surface area (Å²) in [6.07, 6.45) is 2.53. The molecule has 0 atom stereocenters. The van der Waals surface area contributed by atoms with Gasteiger partial charge in [-0.3, -0.25) is 0 Å². The first-order valence-corrected chi connectivity index (χ1v) is 7.64. The third-order valence-electron chi connectivity index (χ3n) is 3.92. The van der Waals surface area contributed by atoms with Gasteiger partial charge in [0.25, 0.3) is 0 Å². The summed E-state index contributed by atoms with van der Waals surface area (Å²) in [5.41, 5.74) is 0.997. The smallest absolute Gasteiger partial charge is 0.158 e. The number of aryl methyl sites for hydroxylation is 1. The lowest BCUT2D eigenvalue weighted by Gasteiger charge is -2.34. The maximum atomic E-state index is 4.40. The van der Waals surface area contributed by atoms with Gasteiger partial charge < -0.3 is 4.90 Å². The van der Waals surface area contributed by atoms with Gasteiger partial charge in [-0.2, -0.15) is 5.10 Å². The summed E-state index contributed by atoms with van der Waals surface area (Å²) in [7, 11) is 2.12. The summed E-state index contributed by atoms with van der Waals surface area (Å²) in [6.45, 7) is 3.07. The molecule has 1 aromatic carbocycles. The normalized spacial score (nSPS) is 22.3. The van der Waals surface area contributed by atoms with Crippen molar-refractivity contribution in [1.29, 1.82) is 0 Å². The fourth-order valence-corrected chi connectivity index (χ4v) is 3.84. The highest BCUT2D eigenvalue weighted by Crippen LogP contribution is 2.35. The molecular weight excluding hydrogens is 302 g/mol. The minimum absolute atomic E-state index is 0.715. The van der Waals surface area contributed by atoms with E-state index in [4.69, 9.17) is 0 Å². The Balaban J connectivity index is 1.89. The van der Waals surface area contributed by atoms with Crippen LogP contribution in [0, 0.1) is 12.8 Å². The van der Waals surface area contributed by atoms with Crippen molar-refractivity contribution in [2.45, 2.75) is 24.6 Å². The SMILES string of the molecule is Cc1nnc(N(C)CC2CC(Br)C2)c2ccccc12. The molecule has 0 spiro atoms. The molecule has 1 heterocycles. The van der Waals surface area contributed by atoms with Crippen LogP contribution in [0.1, 0.15) is 18.5 Å². The van der Waals surface area contributed by atoms with Gasteiger partial charge in [-0.25, -0.2) is 0 Å². The number of halogens is 1. The summed E-state index contributed by atoms with van der Waals surface area (Å²) in [5, 5.41) is 11.1. The van der Waals surface area contributed by atoms with Crippen molar-refractivity contribution in [2.75, 3.05) is 18.5 Å². The van der Waals surface area contributed by atoms with E-state index in [9.17, 15) is 0 Å². The van der Waals surface area contributed by atoms with Crippen LogP contribution in [0.15, 0.2) is 24.3 Å². The first kappa shape index (κ1) is 12.9. The van der Waals surface area contributed by atoms with Crippen LogP contribution in [0.3, 0.4) is 0 Å². The zero-order valence-electron chi connectivity index (χ0n) is 11.3. The molecule has 1 aromatic heterocycles. The van der Waals surface area contributed by atoms with Crippen molar-refractivity contribution in [3.8, 4) is 0 Å². The van der Waals surface area contributed by atoms with E-state index in [0.717, 1.165) is 24.0 Å². The summed E-state index contributed by atoms with van der Waals surface area (Å²) in [6, 6.07) is 8.38. The maximum absolute atomic E-state index is 4.40. The van der Waals surface area contributed by atoms with Gasteiger partial charge in [-0.15, -0.1) is 5.10 Å². The third-order valence-corrected chi connectivity index (χ3v) is 4.67. The fraction of sp³-hybridized carbons (Fsp3) is 0.467. The molecule has 0 amide bonds. The van der Waals surface area contributed by atoms with Crippen LogP contribution in [0.5, 0.6) is 0 Å². The molecule has 0 bridgehead atoms. The van der Waals surface area contributed by atoms with Gasteiger partial charge in [0.15, 0.2) is 5.82 Å². The summed E-state index contributed by atoms with van der Waals surface area (Å²) in [5.74, 6) is 1.77. The van der Waals surface area contributed by atoms with Gasteiger partial charge in [0.1, 0.15) is 0 Å². The zero-order chi connectivity index (χ0) is 13.4. The predicted molar refractivity (Wildman–Crippen MR) is 83.0 cm³/mol. The van der Waals surface area contributed by atoms with Crippen molar-refractivity contribution in [1.82, 2.24) is 10.2 Å². The monoisotopic (exact) mass is 319 g/mol. The molecule has 19 heavy (non-hydrogen) atoms. The van der Waals surface area contributed by atoms with E-state index in [-0.39, 0.29) is 0 Å². The molecule has 1 aliphatic carbocycles. The van der Waals surface area contributed by atoms with E-state index >= 15 is 0 Å². The van der Waals surface area contributed by atoms with Crippen LogP contribution in [0.2, 0.25) is 0 Å². The molecule has 3 rings (SSSR count). The summed E-state index contributed by atoms with van der Waals surface area (Å²) in [4.78, 5) is 2.96. The Hall–Kier alpha value is -1.16. The number of fused-ring (bicyclic) bond motifs is 1. The quantitative estimate of drug-likeness (QED) is 0.810. The number of aromatic nitrogens is 2. The topological polar surface area (TPSA) is 29.0 Å². The Labute approximate surface area is 122 Å². The minimum Gasteiger partial charge on any atom is -0.357 e. The molecule has 3 nitrogen and oxygen atoms in total. The summed E-state index contributed by atoms with van der Waals surface area (Å²) >= 11 is 3.65. The van der Waals surface area contributed by atoms with Crippen LogP contribution in [-0.4, -0.2) is 28.6 Å². The number of hydrogen-bond donors (Lipinski definition) is 0. The van der Waals surface area contributed by atoms with Gasteiger partial charge in [0.05, 0.1) is 5.69 Å². The Morgan fingerprint density at radius 1 is 1.21 bits per heavy atom. The Morgan fingerprint density at radius 3 is 2.58 bits per heavy atom. The van der Waals surface area contributed by atoms with Crippen LogP contribution in [0.25, 0.3) is 10.8 Å². The van der Waals surface area contributed by atoms with Crippen molar-refractivity contribution in [3.63, 3.8) is 0 Å². The number of anilines is 1. The van der Waals surface area contributed by atoms with Gasteiger partial charge in [-0.05, 0) is 25.7 Å². The fourth-order valence-electron chi connectivity index (χ4n) is 2.78. The number of alkyl halides is 1. The molecule has 0 unspecified atom stereocenters. The molecular formula is C15H18BrN3. The molecule has 2 aromatic rings. The minimum atomic E-state index is 0.715. The van der Waals surface area contributed by atoms with Gasteiger partial charge in [0, 0.05) is 29.2 Å². The van der Waals surface area contributed by atoms with Gasteiger partial charge >= 0.3 is 0 Å². The number of rotatable bonds is 3. The molecule has 0 aliphatic heterocycles. The van der Waals surface area contributed by atoms with Gasteiger partial charge in [-0.1, -0.05) is 40.2 Å². The number of nitrogens with zero attached hydrogens (tertiary/aromatic N) is 3. The molecule has 100 valence electrons. The highest BCUT2D eigenvalue weighted by atomic mass is 79.9. The molecule has 0 saturated heterocycles. The van der Waals surface area contributed by atoms with Crippen molar-refractivity contribution < 1.29 is 0 Å². The lowest BCUT2D eigenvalue weighted by Crippen LogP contribution is -2.35. The highest BCUT2D eigenvalue weighted by Gasteiger charge is 2.28. The predicted octanol–water partition coefficient (Wildman–Crippen LogP) is 3.55. The highest BCUT2D eigenvalue weighted by molar-refractivity contribution is 9.09. The number of hydrogen-bond acceptors (Lipinski definition) is 3. The van der Waals surface area contributed by atoms with Crippen LogP contribution in [-0.2, 0) is 0 Å². The van der Waals surface area contributed by atoms with Crippen molar-refractivity contribution >= 4 is 32.5 Å². The van der Waals surface area contributed by atoms with E-state index in [1.807, 2.05) is 6.92 Å². The molecule has 0 radical (unpaired) electrons. The van der Waals surface area contributed by atoms with Gasteiger partial charge in [0.2, 0.25) is 0 Å². The second kappa shape index (κ2) is 5.08. The zero-order valence-corrected chi connectivity index (χ0v) is 12.9. The largest absolute Gasteiger partial charge is 0.357 e. The van der Waals surface area contributed by atoms with E-state index in [1.165, 1.54) is 23.6 Å². The van der Waals surface area contributed by atoms with Crippen LogP contribution < -0.4 is 4.90 Å². The molecule has 0 N–H and O–H groups in total. The molecule has 4 heteroatoms. The standard InChI is InChI=1S/C15H18BrN3/c1-10-13-5-3-4-6-14(13)15(18-17-10)19(2)9-11-7-12(16)8-11/h3-6,11-12H,7-9H2,1-2H3. The van der Waals surface area contributed by atoms with Crippen molar-refractivity contribution in [3.05, 3.63) is 30.0 Å². The lowest BCUT2D eigenvalue weighted by molar-refractivity contribution is 0.338. The van der Waals surface area contributed by atoms with Crippen LogP contribution in [0.4, 0.5) is 5.82 Å². The average molecular weight is 320 g/mol. The first-order chi connectivity index (χ1) is 9.15. The van der Waals surface area contributed by atoms with E-state index in [1.54, 1.807) is 0 Å². The first-order valence-electron chi connectivity index (χ1n) is 6.72. The molecule has 1 fully saturated rings. The third kappa shape index (κ3) is 2.46.